The van der Waals surface area contributed by atoms with E-state index in [4.69, 9.17) is 5.26 Å². The Morgan fingerprint density at radius 3 is 2.76 bits per heavy atom. The van der Waals surface area contributed by atoms with Gasteiger partial charge in [0.05, 0.1) is 17.2 Å². The van der Waals surface area contributed by atoms with Gasteiger partial charge in [0.1, 0.15) is 0 Å². The van der Waals surface area contributed by atoms with Crippen LogP contribution in [-0.2, 0) is 0 Å². The van der Waals surface area contributed by atoms with Gasteiger partial charge < -0.3 is 4.90 Å². The Morgan fingerprint density at radius 2 is 2.06 bits per heavy atom. The van der Waals surface area contributed by atoms with Crippen LogP contribution in [0.15, 0.2) is 29.6 Å². The van der Waals surface area contributed by atoms with Gasteiger partial charge in [-0.1, -0.05) is 18.2 Å². The number of anilines is 1. The van der Waals surface area contributed by atoms with E-state index >= 15 is 0 Å². The Hall–Kier alpha value is -1.53. The monoisotopic (exact) mass is 244 g/mol. The predicted octanol–water partition coefficient (Wildman–Crippen LogP) is 3.89. The Bertz CT molecular complexity index is 563. The first-order chi connectivity index (χ1) is 8.03. The second-order valence-electron chi connectivity index (χ2n) is 4.97. The SMILES string of the molecule is CN(CC(C)(C)C#N)c1csc2ccccc12. The minimum Gasteiger partial charge on any atom is -0.372 e. The second-order valence-corrected chi connectivity index (χ2v) is 5.88. The molecular formula is C14H16N2S. The van der Waals surface area contributed by atoms with Crippen LogP contribution in [0.3, 0.4) is 0 Å². The molecule has 0 saturated heterocycles. The summed E-state index contributed by atoms with van der Waals surface area (Å²) < 4.78 is 1.30. The first kappa shape index (κ1) is 11.9. The summed E-state index contributed by atoms with van der Waals surface area (Å²) in [6.07, 6.45) is 0. The summed E-state index contributed by atoms with van der Waals surface area (Å²) in [6.45, 7) is 4.68. The molecule has 1 aromatic heterocycles. The van der Waals surface area contributed by atoms with Gasteiger partial charge in [-0.05, 0) is 19.9 Å². The second kappa shape index (κ2) is 4.38. The zero-order chi connectivity index (χ0) is 12.5. The molecule has 0 N–H and O–H groups in total. The van der Waals surface area contributed by atoms with Gasteiger partial charge in [-0.15, -0.1) is 11.3 Å². The van der Waals surface area contributed by atoms with Gasteiger partial charge in [-0.25, -0.2) is 0 Å². The lowest BCUT2D eigenvalue weighted by Crippen LogP contribution is -2.29. The van der Waals surface area contributed by atoms with Crippen molar-refractivity contribution in [2.24, 2.45) is 5.41 Å². The fourth-order valence-corrected chi connectivity index (χ4v) is 2.98. The molecule has 0 aliphatic rings. The molecule has 0 aliphatic heterocycles. The quantitative estimate of drug-likeness (QED) is 0.819. The first-order valence-electron chi connectivity index (χ1n) is 5.62. The van der Waals surface area contributed by atoms with E-state index in [1.54, 1.807) is 11.3 Å². The molecule has 0 spiro atoms. The van der Waals surface area contributed by atoms with Crippen LogP contribution >= 0.6 is 11.3 Å². The van der Waals surface area contributed by atoms with Gasteiger partial charge in [-0.2, -0.15) is 5.26 Å². The van der Waals surface area contributed by atoms with Gasteiger partial charge in [0.2, 0.25) is 0 Å². The van der Waals surface area contributed by atoms with E-state index < -0.39 is 0 Å². The highest BCUT2D eigenvalue weighted by Crippen LogP contribution is 2.33. The van der Waals surface area contributed by atoms with Crippen LogP contribution in [0.1, 0.15) is 13.8 Å². The van der Waals surface area contributed by atoms with Crippen LogP contribution in [-0.4, -0.2) is 13.6 Å². The van der Waals surface area contributed by atoms with Crippen LogP contribution in [0.2, 0.25) is 0 Å². The van der Waals surface area contributed by atoms with E-state index in [0.29, 0.717) is 0 Å². The highest BCUT2D eigenvalue weighted by Gasteiger charge is 2.20. The Morgan fingerprint density at radius 1 is 1.35 bits per heavy atom. The molecule has 88 valence electrons. The van der Waals surface area contributed by atoms with Crippen molar-refractivity contribution in [1.82, 2.24) is 0 Å². The van der Waals surface area contributed by atoms with E-state index in [0.717, 1.165) is 6.54 Å². The number of benzene rings is 1. The van der Waals surface area contributed by atoms with Crippen LogP contribution in [0.4, 0.5) is 5.69 Å². The van der Waals surface area contributed by atoms with Gasteiger partial charge in [0.15, 0.2) is 0 Å². The summed E-state index contributed by atoms with van der Waals surface area (Å²) in [5.41, 5.74) is 0.895. The maximum absolute atomic E-state index is 9.08. The van der Waals surface area contributed by atoms with Crippen LogP contribution in [0.25, 0.3) is 10.1 Å². The summed E-state index contributed by atoms with van der Waals surface area (Å²) in [6, 6.07) is 10.7. The largest absolute Gasteiger partial charge is 0.372 e. The van der Waals surface area contributed by atoms with Gasteiger partial charge in [-0.3, -0.25) is 0 Å². The van der Waals surface area contributed by atoms with Crippen molar-refractivity contribution in [3.05, 3.63) is 29.6 Å². The van der Waals surface area contributed by atoms with E-state index in [1.165, 1.54) is 15.8 Å². The van der Waals surface area contributed by atoms with Crippen molar-refractivity contribution in [3.8, 4) is 6.07 Å². The summed E-state index contributed by atoms with van der Waals surface area (Å²) in [5.74, 6) is 0. The smallest absolute Gasteiger partial charge is 0.0702 e. The van der Waals surface area contributed by atoms with E-state index in [2.05, 4.69) is 40.6 Å². The van der Waals surface area contributed by atoms with Crippen molar-refractivity contribution in [1.29, 1.82) is 5.26 Å². The number of hydrogen-bond donors (Lipinski definition) is 0. The molecule has 0 bridgehead atoms. The Balaban J connectivity index is 2.32. The average molecular weight is 244 g/mol. The molecule has 17 heavy (non-hydrogen) atoms. The number of nitrogens with zero attached hydrogens (tertiary/aromatic N) is 2. The molecule has 2 aromatic rings. The lowest BCUT2D eigenvalue weighted by atomic mass is 9.95. The summed E-state index contributed by atoms with van der Waals surface area (Å²) in [7, 11) is 2.05. The Labute approximate surface area is 106 Å². The van der Waals surface area contributed by atoms with Crippen LogP contribution in [0.5, 0.6) is 0 Å². The number of hydrogen-bond acceptors (Lipinski definition) is 3. The topological polar surface area (TPSA) is 27.0 Å². The third-order valence-electron chi connectivity index (χ3n) is 2.81. The van der Waals surface area contributed by atoms with Gasteiger partial charge in [0.25, 0.3) is 0 Å². The molecule has 2 nitrogen and oxygen atoms in total. The van der Waals surface area contributed by atoms with Crippen LogP contribution < -0.4 is 4.90 Å². The van der Waals surface area contributed by atoms with E-state index in [-0.39, 0.29) is 5.41 Å². The third kappa shape index (κ3) is 2.42. The number of thiophene rings is 1. The molecule has 0 unspecified atom stereocenters. The minimum absolute atomic E-state index is 0.322. The van der Waals surface area contributed by atoms with Gasteiger partial charge >= 0.3 is 0 Å². The fraction of sp³-hybridized carbons (Fsp3) is 0.357. The normalized spacial score (nSPS) is 11.4. The Kier molecular flexibility index (Phi) is 3.08. The number of nitriles is 1. The lowest BCUT2D eigenvalue weighted by Gasteiger charge is -2.25. The van der Waals surface area contributed by atoms with E-state index in [9.17, 15) is 0 Å². The first-order valence-corrected chi connectivity index (χ1v) is 6.50. The standard InChI is InChI=1S/C14H16N2S/c1-14(2,9-15)10-16(3)12-8-17-13-7-5-4-6-11(12)13/h4-8H,10H2,1-3H3. The van der Waals surface area contributed by atoms with Crippen molar-refractivity contribution in [3.63, 3.8) is 0 Å². The molecule has 0 saturated carbocycles. The number of rotatable bonds is 3. The maximum Gasteiger partial charge on any atom is 0.0702 e. The van der Waals surface area contributed by atoms with E-state index in [1.807, 2.05) is 20.9 Å². The molecule has 0 atom stereocenters. The molecule has 1 aromatic carbocycles. The van der Waals surface area contributed by atoms with Gasteiger partial charge in [0, 0.05) is 29.1 Å². The summed E-state index contributed by atoms with van der Waals surface area (Å²) >= 11 is 1.75. The van der Waals surface area contributed by atoms with Crippen molar-refractivity contribution in [2.45, 2.75) is 13.8 Å². The summed E-state index contributed by atoms with van der Waals surface area (Å²) in [5, 5.41) is 12.5. The molecule has 0 aliphatic carbocycles. The highest BCUT2D eigenvalue weighted by atomic mass is 32.1. The van der Waals surface area contributed by atoms with Crippen LogP contribution in [0, 0.1) is 16.7 Å². The maximum atomic E-state index is 9.08. The molecular weight excluding hydrogens is 228 g/mol. The molecule has 0 fully saturated rings. The number of fused-ring (bicyclic) bond motifs is 1. The molecule has 0 radical (unpaired) electrons. The zero-order valence-corrected chi connectivity index (χ0v) is 11.2. The fourth-order valence-electron chi connectivity index (χ4n) is 1.97. The average Bonchev–Trinajstić information content (AvgIpc) is 2.72. The molecule has 3 heteroatoms. The minimum atomic E-state index is -0.322. The summed E-state index contributed by atoms with van der Waals surface area (Å²) in [4.78, 5) is 2.17. The van der Waals surface area contributed by atoms with Crippen molar-refractivity contribution < 1.29 is 0 Å². The third-order valence-corrected chi connectivity index (χ3v) is 3.76. The lowest BCUT2D eigenvalue weighted by molar-refractivity contribution is 0.498. The van der Waals surface area contributed by atoms with Crippen molar-refractivity contribution >= 4 is 27.1 Å². The highest BCUT2D eigenvalue weighted by molar-refractivity contribution is 7.17. The molecule has 1 heterocycles. The molecule has 2 rings (SSSR count). The predicted molar refractivity (Wildman–Crippen MR) is 74.5 cm³/mol. The molecule has 0 amide bonds. The zero-order valence-electron chi connectivity index (χ0n) is 10.4. The van der Waals surface area contributed by atoms with Crippen molar-refractivity contribution in [2.75, 3.05) is 18.5 Å².